The van der Waals surface area contributed by atoms with Gasteiger partial charge in [-0.2, -0.15) is 5.10 Å². The Hall–Kier alpha value is -2.71. The van der Waals surface area contributed by atoms with Gasteiger partial charge in [-0.15, -0.1) is 11.8 Å². The monoisotopic (exact) mass is 371 g/mol. The van der Waals surface area contributed by atoms with E-state index in [4.69, 9.17) is 4.74 Å². The van der Waals surface area contributed by atoms with Crippen LogP contribution in [-0.4, -0.2) is 47.1 Å². The van der Waals surface area contributed by atoms with Crippen LogP contribution < -0.4 is 5.32 Å². The number of anilines is 1. The highest BCUT2D eigenvalue weighted by Gasteiger charge is 2.33. The summed E-state index contributed by atoms with van der Waals surface area (Å²) in [4.78, 5) is 37.8. The summed E-state index contributed by atoms with van der Waals surface area (Å²) in [5.41, 5.74) is 0.583. The lowest BCUT2D eigenvalue weighted by Gasteiger charge is -2.12. The lowest BCUT2D eigenvalue weighted by molar-refractivity contribution is 0.0979. The lowest BCUT2D eigenvalue weighted by atomic mass is 9.99. The number of carbonyl (C=O) groups excluding carboxylic acids is 3. The quantitative estimate of drug-likeness (QED) is 0.726. The first-order chi connectivity index (χ1) is 12.6. The van der Waals surface area contributed by atoms with Crippen LogP contribution in [0.25, 0.3) is 0 Å². The minimum absolute atomic E-state index is 0.00899. The van der Waals surface area contributed by atoms with Crippen LogP contribution in [0.2, 0.25) is 0 Å². The molecular formula is C18H17N3O4S. The fraction of sp³-hybridized carbons (Fsp3) is 0.222. The number of thioether (sulfide) groups is 1. The Labute approximate surface area is 154 Å². The number of nitrogens with one attached hydrogen (secondary N) is 2. The minimum atomic E-state index is -0.517. The minimum Gasteiger partial charge on any atom is -0.385 e. The molecular weight excluding hydrogens is 354 g/mol. The van der Waals surface area contributed by atoms with Crippen LogP contribution in [0.3, 0.4) is 0 Å². The fourth-order valence-corrected chi connectivity index (χ4v) is 3.40. The summed E-state index contributed by atoms with van der Waals surface area (Å²) in [5.74, 6) is -0.633. The number of ether oxygens (including phenoxy) is 1. The molecule has 134 valence electrons. The summed E-state index contributed by atoms with van der Waals surface area (Å²) >= 11 is 1.28. The maximum Gasteiger partial charge on any atom is 0.274 e. The molecule has 0 bridgehead atoms. The standard InChI is InChI=1S/C18H17N3O4S/c1-25-8-5-9-26-13-10-12(22)15-14(17(13)23)16(21-20-15)18(24)19-11-6-3-2-4-7-11/h2-4,6-7,10H,5,8-9H2,1H3,(H,19,24)(H,20,21). The van der Waals surface area contributed by atoms with E-state index in [0.717, 1.165) is 6.42 Å². The number of hydrogen-bond acceptors (Lipinski definition) is 6. The van der Waals surface area contributed by atoms with Crippen molar-refractivity contribution in [3.8, 4) is 0 Å². The Balaban J connectivity index is 1.80. The smallest absolute Gasteiger partial charge is 0.274 e. The summed E-state index contributed by atoms with van der Waals surface area (Å²) < 4.78 is 4.98. The topological polar surface area (TPSA) is 101 Å². The molecule has 8 heteroatoms. The number of amides is 1. The Morgan fingerprint density at radius 2 is 2.04 bits per heavy atom. The van der Waals surface area contributed by atoms with Crippen LogP contribution in [0.5, 0.6) is 0 Å². The Morgan fingerprint density at radius 1 is 1.27 bits per heavy atom. The van der Waals surface area contributed by atoms with Gasteiger partial charge in [-0.3, -0.25) is 19.5 Å². The number of hydrogen-bond donors (Lipinski definition) is 2. The predicted octanol–water partition coefficient (Wildman–Crippen LogP) is 2.69. The molecule has 0 unspecified atom stereocenters. The fourth-order valence-electron chi connectivity index (χ4n) is 2.49. The highest BCUT2D eigenvalue weighted by atomic mass is 32.2. The first-order valence-electron chi connectivity index (χ1n) is 7.99. The Kier molecular flexibility index (Phi) is 5.65. The highest BCUT2D eigenvalue weighted by molar-refractivity contribution is 8.04. The number of para-hydroxylation sites is 1. The van der Waals surface area contributed by atoms with Crippen molar-refractivity contribution in [2.24, 2.45) is 0 Å². The SMILES string of the molecule is COCCCSC1=CC(=O)c2n[nH]c(C(=O)Nc3ccccc3)c2C1=O. The molecule has 1 aromatic heterocycles. The molecule has 0 radical (unpaired) electrons. The molecule has 1 amide bonds. The van der Waals surface area contributed by atoms with E-state index in [1.54, 1.807) is 31.4 Å². The van der Waals surface area contributed by atoms with Gasteiger partial charge in [-0.05, 0) is 18.6 Å². The van der Waals surface area contributed by atoms with E-state index in [1.165, 1.54) is 17.8 Å². The molecule has 0 fully saturated rings. The van der Waals surface area contributed by atoms with Crippen molar-refractivity contribution in [3.63, 3.8) is 0 Å². The average Bonchev–Trinajstić information content (AvgIpc) is 3.09. The van der Waals surface area contributed by atoms with Crippen molar-refractivity contribution >= 4 is 34.9 Å². The number of nitrogens with zero attached hydrogens (tertiary/aromatic N) is 1. The number of benzene rings is 1. The second-order valence-electron chi connectivity index (χ2n) is 5.54. The number of aromatic amines is 1. The Bertz CT molecular complexity index is 874. The van der Waals surface area contributed by atoms with Crippen molar-refractivity contribution in [1.29, 1.82) is 0 Å². The molecule has 1 aromatic carbocycles. The zero-order valence-electron chi connectivity index (χ0n) is 14.1. The highest BCUT2D eigenvalue weighted by Crippen LogP contribution is 2.30. The maximum atomic E-state index is 12.8. The normalized spacial score (nSPS) is 13.3. The van der Waals surface area contributed by atoms with E-state index < -0.39 is 5.91 Å². The van der Waals surface area contributed by atoms with Crippen molar-refractivity contribution in [2.45, 2.75) is 6.42 Å². The van der Waals surface area contributed by atoms with Gasteiger partial charge in [-0.1, -0.05) is 18.2 Å². The van der Waals surface area contributed by atoms with Crippen LogP contribution in [0.15, 0.2) is 41.3 Å². The van der Waals surface area contributed by atoms with E-state index in [-0.39, 0.29) is 28.5 Å². The van der Waals surface area contributed by atoms with Gasteiger partial charge in [0, 0.05) is 31.2 Å². The molecule has 26 heavy (non-hydrogen) atoms. The third-order valence-electron chi connectivity index (χ3n) is 3.72. The molecule has 7 nitrogen and oxygen atoms in total. The molecule has 0 saturated carbocycles. The number of allylic oxidation sites excluding steroid dienone is 2. The molecule has 2 N–H and O–H groups in total. The number of methoxy groups -OCH3 is 1. The number of H-pyrrole nitrogens is 1. The molecule has 0 aliphatic heterocycles. The van der Waals surface area contributed by atoms with Gasteiger partial charge in [0.05, 0.1) is 10.5 Å². The van der Waals surface area contributed by atoms with Crippen molar-refractivity contribution in [1.82, 2.24) is 10.2 Å². The van der Waals surface area contributed by atoms with Gasteiger partial charge in [0.1, 0.15) is 11.4 Å². The van der Waals surface area contributed by atoms with E-state index in [0.29, 0.717) is 23.0 Å². The lowest BCUT2D eigenvalue weighted by Crippen LogP contribution is -2.20. The van der Waals surface area contributed by atoms with Crippen molar-refractivity contribution in [3.05, 3.63) is 58.3 Å². The van der Waals surface area contributed by atoms with Crippen molar-refractivity contribution < 1.29 is 19.1 Å². The number of aromatic nitrogens is 2. The predicted molar refractivity (Wildman–Crippen MR) is 98.7 cm³/mol. The summed E-state index contributed by atoms with van der Waals surface area (Å²) in [6.45, 7) is 0.574. The van der Waals surface area contributed by atoms with E-state index >= 15 is 0 Å². The molecule has 0 spiro atoms. The van der Waals surface area contributed by atoms with Crippen LogP contribution in [0.4, 0.5) is 5.69 Å². The van der Waals surface area contributed by atoms with Gasteiger partial charge in [0.2, 0.25) is 11.6 Å². The first kappa shape index (κ1) is 18.1. The second-order valence-corrected chi connectivity index (χ2v) is 6.68. The molecule has 1 aliphatic carbocycles. The zero-order valence-corrected chi connectivity index (χ0v) is 14.9. The van der Waals surface area contributed by atoms with Crippen LogP contribution >= 0.6 is 11.8 Å². The van der Waals surface area contributed by atoms with Gasteiger partial charge < -0.3 is 10.1 Å². The molecule has 0 atom stereocenters. The van der Waals surface area contributed by atoms with Crippen LogP contribution in [0, 0.1) is 0 Å². The molecule has 1 aliphatic rings. The third-order valence-corrected chi connectivity index (χ3v) is 4.83. The largest absolute Gasteiger partial charge is 0.385 e. The molecule has 2 aromatic rings. The number of rotatable bonds is 7. The summed E-state index contributed by atoms with van der Waals surface area (Å²) in [6, 6.07) is 8.84. The molecule has 1 heterocycles. The summed E-state index contributed by atoms with van der Waals surface area (Å²) in [7, 11) is 1.61. The molecule has 3 rings (SSSR count). The van der Waals surface area contributed by atoms with Gasteiger partial charge in [0.15, 0.2) is 0 Å². The number of Topliss-reactive ketones (excluding diaryl/α,β-unsaturated/α-hetero) is 1. The summed E-state index contributed by atoms with van der Waals surface area (Å²) in [5, 5.41) is 9.08. The second kappa shape index (κ2) is 8.11. The zero-order chi connectivity index (χ0) is 18.5. The number of carbonyl (C=O) groups is 3. The van der Waals surface area contributed by atoms with Gasteiger partial charge in [0.25, 0.3) is 5.91 Å². The number of ketones is 2. The van der Waals surface area contributed by atoms with Crippen LogP contribution in [0.1, 0.15) is 37.8 Å². The van der Waals surface area contributed by atoms with E-state index in [1.807, 2.05) is 6.07 Å². The summed E-state index contributed by atoms with van der Waals surface area (Å²) in [6.07, 6.45) is 2.03. The van der Waals surface area contributed by atoms with Crippen molar-refractivity contribution in [2.75, 3.05) is 24.8 Å². The van der Waals surface area contributed by atoms with E-state index in [9.17, 15) is 14.4 Å². The third kappa shape index (κ3) is 3.76. The van der Waals surface area contributed by atoms with Crippen LogP contribution in [-0.2, 0) is 4.74 Å². The van der Waals surface area contributed by atoms with Gasteiger partial charge >= 0.3 is 0 Å². The average molecular weight is 371 g/mol. The van der Waals surface area contributed by atoms with E-state index in [2.05, 4.69) is 15.5 Å². The van der Waals surface area contributed by atoms with Gasteiger partial charge in [-0.25, -0.2) is 0 Å². The molecule has 0 saturated heterocycles. The Morgan fingerprint density at radius 3 is 2.77 bits per heavy atom. The number of fused-ring (bicyclic) bond motifs is 1. The first-order valence-corrected chi connectivity index (χ1v) is 8.97. The maximum absolute atomic E-state index is 12.8.